The molecule has 0 aromatic heterocycles. The van der Waals surface area contributed by atoms with Crippen LogP contribution in [0.1, 0.15) is 18.4 Å². The van der Waals surface area contributed by atoms with Gasteiger partial charge in [0.2, 0.25) is 0 Å². The number of carbonyl (C=O) groups is 1. The van der Waals surface area contributed by atoms with E-state index in [0.717, 1.165) is 25.5 Å². The second-order valence-electron chi connectivity index (χ2n) is 2.94. The molecule has 0 heterocycles. The van der Waals surface area contributed by atoms with Crippen molar-refractivity contribution >= 4 is 6.29 Å². The number of aryl methyl sites for hydroxylation is 1. The van der Waals surface area contributed by atoms with Crippen LogP contribution in [0.4, 0.5) is 0 Å². The average Bonchev–Trinajstić information content (AvgIpc) is 2.19. The van der Waals surface area contributed by atoms with E-state index >= 15 is 0 Å². The molecule has 1 heteroatoms. The minimum absolute atomic E-state index is 0.822. The first-order valence-electron chi connectivity index (χ1n) is 4.57. The highest BCUT2D eigenvalue weighted by Gasteiger charge is 1.88. The molecule has 0 unspecified atom stereocenters. The van der Waals surface area contributed by atoms with E-state index in [1.807, 2.05) is 12.1 Å². The molecule has 0 saturated carbocycles. The van der Waals surface area contributed by atoms with E-state index in [2.05, 4.69) is 24.3 Å². The van der Waals surface area contributed by atoms with Gasteiger partial charge in [0.05, 0.1) is 0 Å². The molecule has 0 aliphatic carbocycles. The summed E-state index contributed by atoms with van der Waals surface area (Å²) >= 11 is 0. The van der Waals surface area contributed by atoms with Crippen LogP contribution in [0.25, 0.3) is 0 Å². The Balaban J connectivity index is 2.20. The molecule has 0 N–H and O–H groups in total. The summed E-state index contributed by atoms with van der Waals surface area (Å²) in [4.78, 5) is 9.95. The molecule has 0 atom stereocenters. The SMILES string of the molecule is O=CC=CCCCc1ccccc1. The number of carbonyl (C=O) groups excluding carboxylic acids is 1. The van der Waals surface area contributed by atoms with Crippen molar-refractivity contribution in [1.29, 1.82) is 0 Å². The van der Waals surface area contributed by atoms with E-state index < -0.39 is 0 Å². The average molecular weight is 174 g/mol. The lowest BCUT2D eigenvalue weighted by Crippen LogP contribution is -1.82. The van der Waals surface area contributed by atoms with E-state index in [1.165, 1.54) is 5.56 Å². The molecule has 1 aromatic carbocycles. The van der Waals surface area contributed by atoms with Gasteiger partial charge in [0.15, 0.2) is 0 Å². The number of hydrogen-bond donors (Lipinski definition) is 0. The first-order valence-corrected chi connectivity index (χ1v) is 4.57. The Morgan fingerprint density at radius 1 is 1.15 bits per heavy atom. The van der Waals surface area contributed by atoms with Crippen LogP contribution in [0.2, 0.25) is 0 Å². The van der Waals surface area contributed by atoms with Gasteiger partial charge in [0, 0.05) is 0 Å². The maximum absolute atomic E-state index is 9.95. The fraction of sp³-hybridized carbons (Fsp3) is 0.250. The molecule has 0 aliphatic rings. The summed E-state index contributed by atoms with van der Waals surface area (Å²) in [5.41, 5.74) is 1.36. The predicted octanol–water partition coefficient (Wildman–Crippen LogP) is 2.76. The summed E-state index contributed by atoms with van der Waals surface area (Å²) in [6.45, 7) is 0. The minimum atomic E-state index is 0.822. The molecule has 13 heavy (non-hydrogen) atoms. The van der Waals surface area contributed by atoms with Crippen LogP contribution in [0.15, 0.2) is 42.5 Å². The van der Waals surface area contributed by atoms with Gasteiger partial charge in [-0.15, -0.1) is 0 Å². The maximum atomic E-state index is 9.95. The number of benzene rings is 1. The molecule has 0 aliphatic heterocycles. The molecule has 68 valence electrons. The standard InChI is InChI=1S/C12H14O/c13-11-7-2-1-4-8-12-9-5-3-6-10-12/h2-3,5-7,9-11H,1,4,8H2. The molecule has 1 nitrogen and oxygen atoms in total. The molecule has 1 rings (SSSR count). The smallest absolute Gasteiger partial charge is 0.142 e. The maximum Gasteiger partial charge on any atom is 0.142 e. The third-order valence-electron chi connectivity index (χ3n) is 1.89. The first kappa shape index (κ1) is 9.72. The van der Waals surface area contributed by atoms with E-state index in [9.17, 15) is 4.79 Å². The van der Waals surface area contributed by atoms with Crippen molar-refractivity contribution in [1.82, 2.24) is 0 Å². The summed E-state index contributed by atoms with van der Waals surface area (Å²) in [6, 6.07) is 10.4. The highest BCUT2D eigenvalue weighted by molar-refractivity contribution is 5.64. The van der Waals surface area contributed by atoms with Gasteiger partial charge in [-0.1, -0.05) is 36.4 Å². The predicted molar refractivity (Wildman–Crippen MR) is 54.6 cm³/mol. The monoisotopic (exact) mass is 174 g/mol. The lowest BCUT2D eigenvalue weighted by Gasteiger charge is -1.97. The number of aldehydes is 1. The fourth-order valence-electron chi connectivity index (χ4n) is 1.22. The van der Waals surface area contributed by atoms with Crippen LogP contribution in [0, 0.1) is 0 Å². The molecule has 0 bridgehead atoms. The second-order valence-corrected chi connectivity index (χ2v) is 2.94. The molecule has 1 aromatic rings. The molecule has 0 amide bonds. The van der Waals surface area contributed by atoms with Crippen molar-refractivity contribution in [2.75, 3.05) is 0 Å². The van der Waals surface area contributed by atoms with Gasteiger partial charge >= 0.3 is 0 Å². The Morgan fingerprint density at radius 3 is 2.62 bits per heavy atom. The quantitative estimate of drug-likeness (QED) is 0.381. The summed E-state index contributed by atoms with van der Waals surface area (Å²) in [5.74, 6) is 0. The van der Waals surface area contributed by atoms with Crippen molar-refractivity contribution in [2.45, 2.75) is 19.3 Å². The van der Waals surface area contributed by atoms with Gasteiger partial charge in [-0.2, -0.15) is 0 Å². The molecule has 0 fully saturated rings. The molecular formula is C12H14O. The summed E-state index contributed by atoms with van der Waals surface area (Å²) in [5, 5.41) is 0. The molecule has 0 saturated heterocycles. The molecule has 0 radical (unpaired) electrons. The number of allylic oxidation sites excluding steroid dienone is 2. The highest BCUT2D eigenvalue weighted by Crippen LogP contribution is 2.04. The largest absolute Gasteiger partial charge is 0.299 e. The molecular weight excluding hydrogens is 160 g/mol. The third-order valence-corrected chi connectivity index (χ3v) is 1.89. The van der Waals surface area contributed by atoms with Crippen LogP contribution in [-0.4, -0.2) is 6.29 Å². The zero-order valence-electron chi connectivity index (χ0n) is 7.65. The van der Waals surface area contributed by atoms with Crippen molar-refractivity contribution in [3.63, 3.8) is 0 Å². The Hall–Kier alpha value is -1.37. The Bertz CT molecular complexity index is 262. The van der Waals surface area contributed by atoms with E-state index in [-0.39, 0.29) is 0 Å². The number of hydrogen-bond acceptors (Lipinski definition) is 1. The van der Waals surface area contributed by atoms with Crippen molar-refractivity contribution < 1.29 is 4.79 Å². The van der Waals surface area contributed by atoms with E-state index in [4.69, 9.17) is 0 Å². The minimum Gasteiger partial charge on any atom is -0.299 e. The van der Waals surface area contributed by atoms with Gasteiger partial charge in [0.1, 0.15) is 6.29 Å². The first-order chi connectivity index (χ1) is 6.43. The second kappa shape index (κ2) is 6.18. The van der Waals surface area contributed by atoms with Crippen molar-refractivity contribution in [3.05, 3.63) is 48.0 Å². The van der Waals surface area contributed by atoms with Gasteiger partial charge in [-0.05, 0) is 30.9 Å². The Morgan fingerprint density at radius 2 is 1.92 bits per heavy atom. The van der Waals surface area contributed by atoms with Crippen LogP contribution in [0.5, 0.6) is 0 Å². The number of unbranched alkanes of at least 4 members (excludes halogenated alkanes) is 1. The normalized spacial score (nSPS) is 10.5. The van der Waals surface area contributed by atoms with Crippen LogP contribution >= 0.6 is 0 Å². The van der Waals surface area contributed by atoms with Gasteiger partial charge in [-0.25, -0.2) is 0 Å². The van der Waals surface area contributed by atoms with Crippen LogP contribution in [-0.2, 0) is 11.2 Å². The van der Waals surface area contributed by atoms with Crippen molar-refractivity contribution in [2.24, 2.45) is 0 Å². The van der Waals surface area contributed by atoms with E-state index in [1.54, 1.807) is 6.08 Å². The zero-order valence-corrected chi connectivity index (χ0v) is 7.65. The van der Waals surface area contributed by atoms with Crippen LogP contribution < -0.4 is 0 Å². The van der Waals surface area contributed by atoms with Gasteiger partial charge in [-0.3, -0.25) is 4.79 Å². The topological polar surface area (TPSA) is 17.1 Å². The lowest BCUT2D eigenvalue weighted by atomic mass is 10.1. The number of rotatable bonds is 5. The summed E-state index contributed by atoms with van der Waals surface area (Å²) in [7, 11) is 0. The highest BCUT2D eigenvalue weighted by atomic mass is 16.1. The zero-order chi connectivity index (χ0) is 9.36. The van der Waals surface area contributed by atoms with Gasteiger partial charge in [0.25, 0.3) is 0 Å². The molecule has 0 spiro atoms. The summed E-state index contributed by atoms with van der Waals surface area (Å²) < 4.78 is 0. The van der Waals surface area contributed by atoms with Crippen LogP contribution in [0.3, 0.4) is 0 Å². The fourth-order valence-corrected chi connectivity index (χ4v) is 1.22. The van der Waals surface area contributed by atoms with E-state index in [0.29, 0.717) is 0 Å². The summed E-state index contributed by atoms with van der Waals surface area (Å²) in [6.07, 6.45) is 7.47. The third kappa shape index (κ3) is 4.26. The Kier molecular flexibility index (Phi) is 4.62. The lowest BCUT2D eigenvalue weighted by molar-refractivity contribution is -0.104. The van der Waals surface area contributed by atoms with Gasteiger partial charge < -0.3 is 0 Å². The van der Waals surface area contributed by atoms with Crippen molar-refractivity contribution in [3.8, 4) is 0 Å². The Labute approximate surface area is 79.1 Å².